The van der Waals surface area contributed by atoms with Crippen LogP contribution < -0.4 is 0 Å². The molecule has 3 saturated heterocycles. The van der Waals surface area contributed by atoms with Gasteiger partial charge in [0, 0.05) is 37.3 Å². The van der Waals surface area contributed by atoms with Gasteiger partial charge in [-0.2, -0.15) is 0 Å². The Morgan fingerprint density at radius 2 is 1.49 bits per heavy atom. The Kier molecular flexibility index (Phi) is 14.7. The highest BCUT2D eigenvalue weighted by atomic mass is 16.7. The summed E-state index contributed by atoms with van der Waals surface area (Å²) in [5.41, 5.74) is -4.82. The molecule has 0 radical (unpaired) electrons. The highest BCUT2D eigenvalue weighted by Crippen LogP contribution is 2.41. The number of carbonyl (C=O) groups is 2. The Morgan fingerprint density at radius 1 is 0.882 bits per heavy atom. The maximum Gasteiger partial charge on any atom is 0.311 e. The fourth-order valence-electron chi connectivity index (χ4n) is 8.40. The molecule has 0 aromatic rings. The number of ketones is 1. The van der Waals surface area contributed by atoms with Crippen molar-refractivity contribution >= 4 is 11.8 Å². The predicted molar refractivity (Wildman–Crippen MR) is 186 cm³/mol. The average molecular weight is 734 g/mol. The molecule has 14 heteroatoms. The minimum absolute atomic E-state index is 0.0899. The second-order valence-electron chi connectivity index (χ2n) is 16.5. The third-order valence-corrected chi connectivity index (χ3v) is 11.8. The minimum atomic E-state index is -1.98. The highest BCUT2D eigenvalue weighted by molar-refractivity contribution is 5.83. The van der Waals surface area contributed by atoms with Gasteiger partial charge in [0.25, 0.3) is 0 Å². The van der Waals surface area contributed by atoms with Crippen LogP contribution in [-0.4, -0.2) is 148 Å². The lowest BCUT2D eigenvalue weighted by atomic mass is 9.74. The number of likely N-dealkylation sites (N-methyl/N-ethyl adjacent to an activating group) is 1. The number of cyclic esters (lactones) is 1. The molecule has 0 unspecified atom stereocenters. The summed E-state index contributed by atoms with van der Waals surface area (Å²) in [5.74, 6) is -4.63. The molecule has 14 nitrogen and oxygen atoms in total. The largest absolute Gasteiger partial charge is 0.459 e. The number of aliphatic hydroxyl groups is 5. The molecular weight excluding hydrogens is 666 g/mol. The molecule has 0 aromatic carbocycles. The van der Waals surface area contributed by atoms with Crippen molar-refractivity contribution in [1.29, 1.82) is 0 Å². The summed E-state index contributed by atoms with van der Waals surface area (Å²) < 4.78 is 37.7. The number of Topliss-reactive ketones (excluding diaryl/α,β-unsaturated/α-hetero) is 1. The number of esters is 1. The molecule has 0 spiro atoms. The van der Waals surface area contributed by atoms with Gasteiger partial charge in [-0.3, -0.25) is 9.59 Å². The van der Waals surface area contributed by atoms with Crippen molar-refractivity contribution in [2.45, 2.75) is 179 Å². The Balaban J connectivity index is 2.21. The third kappa shape index (κ3) is 9.51. The predicted octanol–water partition coefficient (Wildman–Crippen LogP) is 1.79. The standard InChI is InChI=1S/C37H67NO13/c1-14-25-37(10,45)30(41)20(4)27(39)18(2)16-36(9,46-13)32(51-34-28(40)24(38(11)12)15-19(3)47-34)21(5)29(22(6)33(43)49-25)50-26-17-35(8,44)31(42)23(7)48-26/h18-26,28-32,34,40-42,44-45H,14-17H2,1-13H3/t18-,19-,20+,21+,22-,23+,24+,25-,26+,28-,29+,30-,31+,32-,34+,35-,36-,37-/m1/s1. The van der Waals surface area contributed by atoms with Crippen molar-refractivity contribution in [1.82, 2.24) is 4.90 Å². The summed E-state index contributed by atoms with van der Waals surface area (Å²) in [6.07, 6.45) is -9.69. The fraction of sp³-hybridized carbons (Fsp3) is 0.946. The van der Waals surface area contributed by atoms with Gasteiger partial charge in [-0.25, -0.2) is 0 Å². The van der Waals surface area contributed by atoms with E-state index in [9.17, 15) is 35.1 Å². The maximum atomic E-state index is 14.1. The van der Waals surface area contributed by atoms with Crippen molar-refractivity contribution in [3.8, 4) is 0 Å². The lowest BCUT2D eigenvalue weighted by Crippen LogP contribution is -2.61. The van der Waals surface area contributed by atoms with Gasteiger partial charge in [-0.05, 0) is 74.9 Å². The Labute approximate surface area is 304 Å². The van der Waals surface area contributed by atoms with Crippen molar-refractivity contribution in [3.63, 3.8) is 0 Å². The van der Waals surface area contributed by atoms with Crippen LogP contribution in [0.2, 0.25) is 0 Å². The van der Waals surface area contributed by atoms with E-state index in [1.165, 1.54) is 27.9 Å². The number of rotatable bonds is 7. The molecule has 3 aliphatic rings. The first-order chi connectivity index (χ1) is 23.4. The second-order valence-corrected chi connectivity index (χ2v) is 16.5. The van der Waals surface area contributed by atoms with E-state index in [0.717, 1.165) is 0 Å². The topological polar surface area (TPSA) is 194 Å². The molecule has 0 aliphatic carbocycles. The number of carbonyl (C=O) groups excluding carboxylic acids is 2. The SMILES string of the molecule is CC[C@H]1OC(=O)[C@H](C)[C@@H](O[C@H]2C[C@@](C)(O)[C@@H](O)[C@H](C)O2)[C@H](C)[C@@H](O[C@@H]2O[C@H](C)C[C@H](N(C)C)[C@H]2O)[C@](C)(OC)C[C@@H](C)C(=O)[C@H](C)[C@@H](O)[C@]1(C)O. The van der Waals surface area contributed by atoms with Gasteiger partial charge < -0.3 is 58.9 Å². The van der Waals surface area contributed by atoms with Crippen LogP contribution in [0.1, 0.15) is 94.9 Å². The van der Waals surface area contributed by atoms with Crippen molar-refractivity contribution in [3.05, 3.63) is 0 Å². The van der Waals surface area contributed by atoms with Gasteiger partial charge >= 0.3 is 5.97 Å². The van der Waals surface area contributed by atoms with Crippen LogP contribution in [-0.2, 0) is 38.0 Å². The summed E-state index contributed by atoms with van der Waals surface area (Å²) >= 11 is 0. The molecule has 298 valence electrons. The van der Waals surface area contributed by atoms with E-state index in [1.807, 2.05) is 25.9 Å². The van der Waals surface area contributed by atoms with Crippen LogP contribution >= 0.6 is 0 Å². The normalized spacial score (nSPS) is 49.7. The number of ether oxygens (including phenoxy) is 6. The molecule has 51 heavy (non-hydrogen) atoms. The molecular formula is C37H67NO13. The summed E-state index contributed by atoms with van der Waals surface area (Å²) in [6.45, 7) is 16.5. The van der Waals surface area contributed by atoms with Crippen LogP contribution in [0.25, 0.3) is 0 Å². The zero-order chi connectivity index (χ0) is 39.0. The van der Waals surface area contributed by atoms with E-state index in [1.54, 1.807) is 41.5 Å². The first-order valence-electron chi connectivity index (χ1n) is 18.5. The number of aliphatic hydroxyl groups excluding tert-OH is 3. The van der Waals surface area contributed by atoms with Crippen molar-refractivity contribution < 1.29 is 63.5 Å². The molecule has 3 aliphatic heterocycles. The van der Waals surface area contributed by atoms with Gasteiger partial charge in [0.2, 0.25) is 0 Å². The summed E-state index contributed by atoms with van der Waals surface area (Å²) in [7, 11) is 5.22. The summed E-state index contributed by atoms with van der Waals surface area (Å²) in [6, 6.07) is -0.297. The molecule has 0 bridgehead atoms. The number of hydrogen-bond acceptors (Lipinski definition) is 14. The number of methoxy groups -OCH3 is 1. The van der Waals surface area contributed by atoms with Gasteiger partial charge in [-0.15, -0.1) is 0 Å². The summed E-state index contributed by atoms with van der Waals surface area (Å²) in [5, 5.41) is 56.2. The lowest BCUT2D eigenvalue weighted by molar-refractivity contribution is -0.318. The van der Waals surface area contributed by atoms with Crippen molar-refractivity contribution in [2.75, 3.05) is 21.2 Å². The minimum Gasteiger partial charge on any atom is -0.459 e. The van der Waals surface area contributed by atoms with Crippen LogP contribution in [0.3, 0.4) is 0 Å². The van der Waals surface area contributed by atoms with E-state index >= 15 is 0 Å². The second kappa shape index (κ2) is 17.0. The highest BCUT2D eigenvalue weighted by Gasteiger charge is 2.53. The molecule has 3 fully saturated rings. The molecule has 3 heterocycles. The maximum absolute atomic E-state index is 14.1. The molecule has 5 N–H and O–H groups in total. The van der Waals surface area contributed by atoms with Gasteiger partial charge in [0.15, 0.2) is 12.6 Å². The van der Waals surface area contributed by atoms with Crippen LogP contribution in [0, 0.1) is 23.7 Å². The zero-order valence-electron chi connectivity index (χ0n) is 32.9. The third-order valence-electron chi connectivity index (χ3n) is 11.8. The fourth-order valence-corrected chi connectivity index (χ4v) is 8.40. The molecule has 18 atom stereocenters. The quantitative estimate of drug-likeness (QED) is 0.238. The van der Waals surface area contributed by atoms with E-state index in [2.05, 4.69) is 0 Å². The Hall–Kier alpha value is -1.30. The first kappa shape index (κ1) is 44.1. The van der Waals surface area contributed by atoms with Gasteiger partial charge in [0.1, 0.15) is 29.7 Å². The molecule has 3 rings (SSSR count). The summed E-state index contributed by atoms with van der Waals surface area (Å²) in [4.78, 5) is 29.9. The zero-order valence-corrected chi connectivity index (χ0v) is 32.9. The van der Waals surface area contributed by atoms with Gasteiger partial charge in [0.05, 0.1) is 47.6 Å². The van der Waals surface area contributed by atoms with E-state index in [4.69, 9.17) is 28.4 Å². The van der Waals surface area contributed by atoms with Crippen molar-refractivity contribution in [2.24, 2.45) is 23.7 Å². The van der Waals surface area contributed by atoms with E-state index < -0.39 is 102 Å². The van der Waals surface area contributed by atoms with Gasteiger partial charge in [-0.1, -0.05) is 27.7 Å². The van der Waals surface area contributed by atoms with E-state index in [0.29, 0.717) is 6.42 Å². The number of nitrogens with zero attached hydrogens (tertiary/aromatic N) is 1. The molecule has 0 saturated carbocycles. The van der Waals surface area contributed by atoms with Crippen LogP contribution in [0.5, 0.6) is 0 Å². The van der Waals surface area contributed by atoms with E-state index in [-0.39, 0.29) is 37.2 Å². The monoisotopic (exact) mass is 733 g/mol. The molecule has 0 aromatic heterocycles. The number of hydrogen-bond donors (Lipinski definition) is 5. The van der Waals surface area contributed by atoms with Crippen LogP contribution in [0.4, 0.5) is 0 Å². The lowest BCUT2D eigenvalue weighted by Gasteiger charge is -2.49. The Bertz CT molecular complexity index is 1170. The Morgan fingerprint density at radius 3 is 2.02 bits per heavy atom. The smallest absolute Gasteiger partial charge is 0.311 e. The first-order valence-corrected chi connectivity index (χ1v) is 18.5. The average Bonchev–Trinajstić information content (AvgIpc) is 3.05. The molecule has 0 amide bonds. The van der Waals surface area contributed by atoms with Crippen LogP contribution in [0.15, 0.2) is 0 Å².